The van der Waals surface area contributed by atoms with Crippen molar-refractivity contribution in [2.24, 2.45) is 0 Å². The van der Waals surface area contributed by atoms with Gasteiger partial charge >= 0.3 is 21.0 Å². The number of halogens is 2. The Labute approximate surface area is 83.6 Å². The molecule has 10 heavy (non-hydrogen) atoms. The summed E-state index contributed by atoms with van der Waals surface area (Å²) in [4.78, 5) is 0. The van der Waals surface area contributed by atoms with Crippen molar-refractivity contribution in [3.05, 3.63) is 37.8 Å². The van der Waals surface area contributed by atoms with Gasteiger partial charge in [0.25, 0.3) is 0 Å². The molecular formula is C6H10Cl2OV. The molecule has 0 atom stereocenters. The topological polar surface area (TPSA) is 17.1 Å². The summed E-state index contributed by atoms with van der Waals surface area (Å²) in [5, 5.41) is 0. The molecule has 1 nitrogen and oxygen atoms in total. The van der Waals surface area contributed by atoms with E-state index in [1.165, 1.54) is 0 Å². The zero-order valence-corrected chi connectivity index (χ0v) is 8.59. The van der Waals surface area contributed by atoms with Crippen LogP contribution < -0.4 is 0 Å². The van der Waals surface area contributed by atoms with E-state index in [9.17, 15) is 0 Å². The predicted molar refractivity (Wildman–Crippen MR) is 43.6 cm³/mol. The van der Waals surface area contributed by atoms with Crippen LogP contribution in [0.5, 0.6) is 0 Å². The van der Waals surface area contributed by atoms with Crippen LogP contribution in [-0.4, -0.2) is 0 Å². The van der Waals surface area contributed by atoms with E-state index in [0.29, 0.717) is 0 Å². The molecule has 59 valence electrons. The second kappa shape index (κ2) is 22.8. The van der Waals surface area contributed by atoms with E-state index in [4.69, 9.17) is 3.67 Å². The Hall–Kier alpha value is 0.314. The standard InChI is InChI=1S/C5H5.CH3.2ClH.O.V/c1-2-4-5-3-1;;;;;/h1-5H;1H3;2*1H;;/q2*-1;;;;+2. The third-order valence-corrected chi connectivity index (χ3v) is 0.556. The van der Waals surface area contributed by atoms with Gasteiger partial charge in [0.05, 0.1) is 0 Å². The molecule has 0 spiro atoms. The van der Waals surface area contributed by atoms with Gasteiger partial charge in [-0.15, -0.1) is 24.8 Å². The van der Waals surface area contributed by atoms with E-state index in [2.05, 4.69) is 0 Å². The Morgan fingerprint density at radius 3 is 1.40 bits per heavy atom. The molecule has 0 aliphatic heterocycles. The summed E-state index contributed by atoms with van der Waals surface area (Å²) in [5.41, 5.74) is 0. The van der Waals surface area contributed by atoms with Crippen LogP contribution in [0.15, 0.2) is 30.3 Å². The van der Waals surface area contributed by atoms with Crippen molar-refractivity contribution >= 4 is 24.8 Å². The van der Waals surface area contributed by atoms with E-state index in [-0.39, 0.29) is 32.2 Å². The van der Waals surface area contributed by atoms with E-state index < -0.39 is 0 Å². The summed E-state index contributed by atoms with van der Waals surface area (Å²) in [5.74, 6) is 0. The monoisotopic (exact) mass is 219 g/mol. The molecule has 0 bridgehead atoms. The molecule has 0 unspecified atom stereocenters. The molecule has 0 saturated heterocycles. The fourth-order valence-corrected chi connectivity index (χ4v) is 0.321. The smallest absolute Gasteiger partial charge is 0.172 e. The van der Waals surface area contributed by atoms with Gasteiger partial charge in [0, 0.05) is 0 Å². The second-order valence-corrected chi connectivity index (χ2v) is 0.962. The van der Waals surface area contributed by atoms with E-state index in [1.54, 1.807) is 0 Å². The molecule has 0 N–H and O–H groups in total. The van der Waals surface area contributed by atoms with Crippen LogP contribution in [0.1, 0.15) is 0 Å². The van der Waals surface area contributed by atoms with Crippen molar-refractivity contribution in [2.75, 3.05) is 0 Å². The zero-order chi connectivity index (χ0) is 5.54. The summed E-state index contributed by atoms with van der Waals surface area (Å²) in [6, 6.07) is 10.0. The molecule has 0 radical (unpaired) electrons. The van der Waals surface area contributed by atoms with E-state index in [1.807, 2.05) is 30.3 Å². The van der Waals surface area contributed by atoms with Gasteiger partial charge in [-0.05, 0) is 0 Å². The molecule has 0 aromatic heterocycles. The second-order valence-electron chi connectivity index (χ2n) is 0.962. The third-order valence-electron chi connectivity index (χ3n) is 0.556. The van der Waals surface area contributed by atoms with E-state index >= 15 is 0 Å². The fourth-order valence-electron chi connectivity index (χ4n) is 0.321. The van der Waals surface area contributed by atoms with Gasteiger partial charge in [-0.2, -0.15) is 18.2 Å². The van der Waals surface area contributed by atoms with Crippen molar-refractivity contribution in [3.63, 3.8) is 0 Å². The molecule has 4 heteroatoms. The maximum absolute atomic E-state index is 8.19. The van der Waals surface area contributed by atoms with Crippen LogP contribution in [0, 0.1) is 7.43 Å². The normalized spacial score (nSPS) is 4.60. The fraction of sp³-hybridized carbons (Fsp3) is 0. The molecule has 0 fully saturated rings. The van der Waals surface area contributed by atoms with Crippen molar-refractivity contribution in [1.82, 2.24) is 0 Å². The van der Waals surface area contributed by atoms with Gasteiger partial charge in [-0.1, -0.05) is 0 Å². The van der Waals surface area contributed by atoms with Crippen LogP contribution >= 0.6 is 24.8 Å². The molecular weight excluding hydrogens is 210 g/mol. The van der Waals surface area contributed by atoms with Crippen molar-refractivity contribution in [1.29, 1.82) is 0 Å². The molecule has 1 rings (SSSR count). The summed E-state index contributed by atoms with van der Waals surface area (Å²) in [6.07, 6.45) is 0. The van der Waals surface area contributed by atoms with Crippen molar-refractivity contribution in [2.45, 2.75) is 0 Å². The van der Waals surface area contributed by atoms with Gasteiger partial charge in [0.2, 0.25) is 0 Å². The molecule has 0 amide bonds. The molecule has 0 aliphatic carbocycles. The largest absolute Gasteiger partial charge is 0.214 e. The third kappa shape index (κ3) is 15.7. The first-order chi connectivity index (χ1) is 3.50. The average Bonchev–Trinajstić information content (AvgIpc) is 2.23. The van der Waals surface area contributed by atoms with Crippen LogP contribution in [0.3, 0.4) is 0 Å². The molecule has 1 aromatic carbocycles. The van der Waals surface area contributed by atoms with E-state index in [0.717, 1.165) is 17.4 Å². The quantitative estimate of drug-likeness (QED) is 0.614. The van der Waals surface area contributed by atoms with Crippen LogP contribution in [0.2, 0.25) is 0 Å². The van der Waals surface area contributed by atoms with Gasteiger partial charge < -0.3 is 7.43 Å². The van der Waals surface area contributed by atoms with Gasteiger partial charge in [0.1, 0.15) is 0 Å². The minimum absolute atomic E-state index is 0. The summed E-state index contributed by atoms with van der Waals surface area (Å²) >= 11 is 1.06. The Bertz CT molecular complexity index is 82.6. The molecule has 0 heterocycles. The Balaban J connectivity index is -0.0000000337. The van der Waals surface area contributed by atoms with Gasteiger partial charge in [0.15, 0.2) is 0 Å². The SMILES string of the molecule is Cl.Cl.[CH3-].[O]=[V+2].c1cc[cH-]c1. The summed E-state index contributed by atoms with van der Waals surface area (Å²) in [6.45, 7) is 0. The molecule has 0 saturated carbocycles. The zero-order valence-electron chi connectivity index (χ0n) is 5.56. The van der Waals surface area contributed by atoms with Crippen molar-refractivity contribution in [3.8, 4) is 0 Å². The predicted octanol–water partition coefficient (Wildman–Crippen LogP) is 2.58. The first kappa shape index (κ1) is 22.4. The van der Waals surface area contributed by atoms with Gasteiger partial charge in [-0.25, -0.2) is 12.1 Å². The average molecular weight is 220 g/mol. The molecule has 0 aliphatic rings. The first-order valence-corrected chi connectivity index (χ1v) is 2.42. The number of hydrogen-bond acceptors (Lipinski definition) is 1. The summed E-state index contributed by atoms with van der Waals surface area (Å²) < 4.78 is 8.19. The minimum atomic E-state index is 0. The maximum atomic E-state index is 8.19. The van der Waals surface area contributed by atoms with Crippen LogP contribution in [0.25, 0.3) is 0 Å². The van der Waals surface area contributed by atoms with Gasteiger partial charge in [-0.3, -0.25) is 0 Å². The van der Waals surface area contributed by atoms with Crippen molar-refractivity contribution < 1.29 is 21.0 Å². The Morgan fingerprint density at radius 2 is 1.30 bits per heavy atom. The molecule has 1 aromatic rings. The Morgan fingerprint density at radius 1 is 1.00 bits per heavy atom. The first-order valence-electron chi connectivity index (χ1n) is 1.85. The Kier molecular flexibility index (Phi) is 51.2. The number of hydrogen-bond donors (Lipinski definition) is 0. The van der Waals surface area contributed by atoms with Crippen LogP contribution in [0.4, 0.5) is 0 Å². The number of rotatable bonds is 0. The summed E-state index contributed by atoms with van der Waals surface area (Å²) in [7, 11) is 0. The van der Waals surface area contributed by atoms with Crippen LogP contribution in [-0.2, 0) is 21.0 Å². The maximum Gasteiger partial charge on any atom is -0.172 e. The minimum Gasteiger partial charge on any atom is -0.214 e.